The fraction of sp³-hybridized carbons (Fsp3) is 0.375. The van der Waals surface area contributed by atoms with E-state index in [4.69, 9.17) is 0 Å². The largest absolute Gasteiger partial charge is 0.361 e. The molecule has 0 amide bonds. The van der Waals surface area contributed by atoms with Gasteiger partial charge in [0.25, 0.3) is 0 Å². The van der Waals surface area contributed by atoms with Gasteiger partial charge in [0.1, 0.15) is 0 Å². The van der Waals surface area contributed by atoms with Crippen molar-refractivity contribution < 1.29 is 0 Å². The first-order chi connectivity index (χ1) is 17.7. The van der Waals surface area contributed by atoms with Gasteiger partial charge in [-0.25, -0.2) is 0 Å². The molecule has 0 radical (unpaired) electrons. The number of aromatic nitrogens is 2. The molecule has 8 rings (SSSR count). The lowest BCUT2D eigenvalue weighted by atomic mass is 9.43. The van der Waals surface area contributed by atoms with Crippen LogP contribution in [0.3, 0.4) is 0 Å². The van der Waals surface area contributed by atoms with Gasteiger partial charge in [0.05, 0.1) is 0 Å². The summed E-state index contributed by atoms with van der Waals surface area (Å²) in [5, 5.41) is 0. The average molecular weight is 511 g/mol. The maximum absolute atomic E-state index is 3.57. The molecule has 2 aromatic heterocycles. The molecule has 0 aliphatic heterocycles. The van der Waals surface area contributed by atoms with Gasteiger partial charge in [-0.1, -0.05) is 48.5 Å². The Labute approximate surface area is 218 Å². The molecule has 4 saturated carbocycles. The van der Waals surface area contributed by atoms with Crippen LogP contribution in [0.15, 0.2) is 85.2 Å². The second-order valence-corrected chi connectivity index (χ2v) is 14.1. The number of hydrogen-bond donors (Lipinski definition) is 2. The Kier molecular flexibility index (Phi) is 5.95. The summed E-state index contributed by atoms with van der Waals surface area (Å²) >= 11 is 0. The first-order valence-corrected chi connectivity index (χ1v) is 16.0. The van der Waals surface area contributed by atoms with Gasteiger partial charge in [0, 0.05) is 29.4 Å². The summed E-state index contributed by atoms with van der Waals surface area (Å²) in [6.07, 6.45) is 13.7. The SMILES string of the molecule is PCC1C2CC3CC(C2)CC1(c1ccc(-c2ccccc2)cc1CP(c1ccc[nH]1)c1ccc[nH]1)C3. The average Bonchev–Trinajstić information content (AvgIpc) is 3.62. The van der Waals surface area contributed by atoms with Crippen molar-refractivity contribution in [3.8, 4) is 11.1 Å². The minimum Gasteiger partial charge on any atom is -0.361 e. The van der Waals surface area contributed by atoms with Crippen LogP contribution in [0, 0.1) is 23.7 Å². The summed E-state index contributed by atoms with van der Waals surface area (Å²) < 4.78 is 0. The number of rotatable bonds is 7. The topological polar surface area (TPSA) is 31.6 Å². The third-order valence-electron chi connectivity index (χ3n) is 9.60. The molecule has 2 N–H and O–H groups in total. The van der Waals surface area contributed by atoms with E-state index in [0.29, 0.717) is 5.41 Å². The Hall–Kier alpha value is -2.14. The molecule has 4 heteroatoms. The lowest BCUT2D eigenvalue weighted by Crippen LogP contribution is -2.56. The minimum absolute atomic E-state index is 0.355. The van der Waals surface area contributed by atoms with Crippen molar-refractivity contribution in [3.05, 3.63) is 96.3 Å². The summed E-state index contributed by atoms with van der Waals surface area (Å²) in [5.74, 6) is 3.60. The normalized spacial score (nSPS) is 28.7. The Morgan fingerprint density at radius 1 is 0.778 bits per heavy atom. The van der Waals surface area contributed by atoms with Crippen LogP contribution in [0.25, 0.3) is 11.1 Å². The second kappa shape index (κ2) is 9.31. The van der Waals surface area contributed by atoms with Crippen molar-refractivity contribution in [2.75, 3.05) is 6.16 Å². The highest BCUT2D eigenvalue weighted by Crippen LogP contribution is 2.64. The molecule has 2 aromatic carbocycles. The van der Waals surface area contributed by atoms with E-state index < -0.39 is 7.92 Å². The zero-order valence-electron chi connectivity index (χ0n) is 20.9. The van der Waals surface area contributed by atoms with Gasteiger partial charge in [0.2, 0.25) is 0 Å². The van der Waals surface area contributed by atoms with Crippen LogP contribution in [-0.2, 0) is 11.6 Å². The Morgan fingerprint density at radius 2 is 1.47 bits per heavy atom. The predicted octanol–water partition coefficient (Wildman–Crippen LogP) is 7.21. The molecule has 4 unspecified atom stereocenters. The molecular formula is C32H36N2P2. The van der Waals surface area contributed by atoms with E-state index >= 15 is 0 Å². The van der Waals surface area contributed by atoms with Gasteiger partial charge < -0.3 is 9.97 Å². The number of H-pyrrole nitrogens is 2. The summed E-state index contributed by atoms with van der Waals surface area (Å²) in [7, 11) is 2.63. The lowest BCUT2D eigenvalue weighted by molar-refractivity contribution is -0.0520. The highest BCUT2D eigenvalue weighted by atomic mass is 31.1. The zero-order chi connectivity index (χ0) is 24.1. The van der Waals surface area contributed by atoms with Crippen LogP contribution < -0.4 is 10.9 Å². The number of hydrogen-bond acceptors (Lipinski definition) is 0. The third-order valence-corrected chi connectivity index (χ3v) is 12.5. The first kappa shape index (κ1) is 23.0. The molecule has 2 nitrogen and oxygen atoms in total. The fourth-order valence-corrected chi connectivity index (χ4v) is 11.5. The maximum atomic E-state index is 3.57. The van der Waals surface area contributed by atoms with Crippen LogP contribution in [0.1, 0.15) is 43.2 Å². The third kappa shape index (κ3) is 3.84. The maximum Gasteiger partial charge on any atom is 0.0448 e. The molecule has 4 fully saturated rings. The van der Waals surface area contributed by atoms with Gasteiger partial charge in [0.15, 0.2) is 0 Å². The highest BCUT2D eigenvalue weighted by Gasteiger charge is 2.57. The molecule has 0 spiro atoms. The van der Waals surface area contributed by atoms with Crippen molar-refractivity contribution in [2.45, 2.75) is 43.7 Å². The summed E-state index contributed by atoms with van der Waals surface area (Å²) in [6.45, 7) is 0. The monoisotopic (exact) mass is 510 g/mol. The van der Waals surface area contributed by atoms with E-state index in [-0.39, 0.29) is 0 Å². The summed E-state index contributed by atoms with van der Waals surface area (Å²) in [4.78, 5) is 7.14. The van der Waals surface area contributed by atoms with Crippen molar-refractivity contribution in [3.63, 3.8) is 0 Å². The van der Waals surface area contributed by atoms with E-state index in [1.165, 1.54) is 60.3 Å². The van der Waals surface area contributed by atoms with E-state index in [9.17, 15) is 0 Å². The Morgan fingerprint density at radius 3 is 2.08 bits per heavy atom. The van der Waals surface area contributed by atoms with E-state index in [2.05, 4.69) is 104 Å². The van der Waals surface area contributed by atoms with Gasteiger partial charge in [-0.3, -0.25) is 0 Å². The van der Waals surface area contributed by atoms with Crippen molar-refractivity contribution in [1.29, 1.82) is 0 Å². The predicted molar refractivity (Wildman–Crippen MR) is 157 cm³/mol. The molecule has 4 aliphatic rings. The molecule has 4 aliphatic carbocycles. The molecule has 0 saturated heterocycles. The van der Waals surface area contributed by atoms with Crippen LogP contribution in [-0.4, -0.2) is 16.1 Å². The van der Waals surface area contributed by atoms with E-state index in [1.54, 1.807) is 11.1 Å². The standard InChI is InChI=1S/C32H36N2P2/c35-20-29-26-15-22-14-23(16-26)19-32(29,18-22)28-11-10-25(24-6-2-1-3-7-24)17-27(28)21-36(30-8-4-12-33-30)31-9-5-13-34-31/h1-13,17,22-23,26,29,33-34H,14-16,18-21,35H2. The fourth-order valence-electron chi connectivity index (χ4n) is 8.45. The number of benzene rings is 2. The smallest absolute Gasteiger partial charge is 0.0448 e. The van der Waals surface area contributed by atoms with Crippen LogP contribution in [0.2, 0.25) is 0 Å². The van der Waals surface area contributed by atoms with E-state index in [0.717, 1.165) is 29.8 Å². The van der Waals surface area contributed by atoms with Crippen molar-refractivity contribution in [2.24, 2.45) is 23.7 Å². The molecule has 2 heterocycles. The summed E-state index contributed by atoms with van der Waals surface area (Å²) in [5.41, 5.74) is 9.01. The summed E-state index contributed by atoms with van der Waals surface area (Å²) in [6, 6.07) is 27.4. The molecule has 36 heavy (non-hydrogen) atoms. The number of nitrogens with one attached hydrogen (secondary N) is 2. The highest BCUT2D eigenvalue weighted by molar-refractivity contribution is 7.71. The minimum atomic E-state index is -0.527. The molecule has 4 aromatic rings. The Bertz CT molecular complexity index is 1260. The molecule has 184 valence electrons. The van der Waals surface area contributed by atoms with Crippen molar-refractivity contribution >= 4 is 28.0 Å². The van der Waals surface area contributed by atoms with Crippen LogP contribution in [0.5, 0.6) is 0 Å². The molecular weight excluding hydrogens is 474 g/mol. The van der Waals surface area contributed by atoms with Crippen LogP contribution in [0.4, 0.5) is 0 Å². The Balaban J connectivity index is 1.38. The van der Waals surface area contributed by atoms with Gasteiger partial charge in [-0.15, -0.1) is 9.24 Å². The first-order valence-electron chi connectivity index (χ1n) is 13.7. The number of aromatic amines is 2. The van der Waals surface area contributed by atoms with Gasteiger partial charge in [-0.2, -0.15) is 0 Å². The van der Waals surface area contributed by atoms with Gasteiger partial charge in [-0.05, 0) is 122 Å². The zero-order valence-corrected chi connectivity index (χ0v) is 22.9. The lowest BCUT2D eigenvalue weighted by Gasteiger charge is -2.62. The second-order valence-electron chi connectivity index (χ2n) is 11.5. The van der Waals surface area contributed by atoms with Crippen molar-refractivity contribution in [1.82, 2.24) is 9.97 Å². The molecule has 4 bridgehead atoms. The van der Waals surface area contributed by atoms with E-state index in [1.807, 2.05) is 0 Å². The van der Waals surface area contributed by atoms with Gasteiger partial charge >= 0.3 is 0 Å². The quantitative estimate of drug-likeness (QED) is 0.246. The molecule has 4 atom stereocenters. The van der Waals surface area contributed by atoms with Crippen LogP contribution >= 0.6 is 17.2 Å².